The smallest absolute Gasteiger partial charge is 0.269 e. The molecule has 0 saturated heterocycles. The fraction of sp³-hybridized carbons (Fsp3) is 0.381. The predicted molar refractivity (Wildman–Crippen MR) is 122 cm³/mol. The van der Waals surface area contributed by atoms with Crippen LogP contribution in [0, 0.1) is 18.8 Å². The number of pyridine rings is 1. The third-order valence-corrected chi connectivity index (χ3v) is 5.17. The zero-order valence-corrected chi connectivity index (χ0v) is 18.6. The van der Waals surface area contributed by atoms with Crippen LogP contribution in [0.25, 0.3) is 0 Å². The van der Waals surface area contributed by atoms with Crippen LogP contribution in [0.2, 0.25) is 0 Å². The van der Waals surface area contributed by atoms with Crippen LogP contribution >= 0.6 is 24.8 Å². The van der Waals surface area contributed by atoms with Gasteiger partial charge in [-0.15, -0.1) is 24.8 Å². The van der Waals surface area contributed by atoms with Crippen molar-refractivity contribution in [3.63, 3.8) is 0 Å². The maximum absolute atomic E-state index is 12.6. The SMILES string of the molecule is CNC(=O)c1cc(Oc2cc(NC(=O)[C@@H]3CCC[C@@H]3CN)ccc2C)ccn1.Cl.Cl. The van der Waals surface area contributed by atoms with E-state index in [0.29, 0.717) is 23.7 Å². The molecule has 1 aliphatic carbocycles. The van der Waals surface area contributed by atoms with Gasteiger partial charge in [0.05, 0.1) is 0 Å². The number of hydrogen-bond donors (Lipinski definition) is 3. The Bertz CT molecular complexity index is 879. The molecule has 2 aromatic rings. The molecular formula is C21H28Cl2N4O3. The third kappa shape index (κ3) is 6.08. The molecule has 2 atom stereocenters. The first kappa shape index (κ1) is 25.7. The normalized spacial score (nSPS) is 17.3. The minimum Gasteiger partial charge on any atom is -0.457 e. The number of hydrogen-bond acceptors (Lipinski definition) is 5. The van der Waals surface area contributed by atoms with E-state index in [2.05, 4.69) is 15.6 Å². The minimum atomic E-state index is -0.283. The number of rotatable bonds is 6. The summed E-state index contributed by atoms with van der Waals surface area (Å²) < 4.78 is 5.94. The Morgan fingerprint density at radius 2 is 1.97 bits per heavy atom. The van der Waals surface area contributed by atoms with Crippen molar-refractivity contribution in [1.82, 2.24) is 10.3 Å². The Morgan fingerprint density at radius 1 is 1.20 bits per heavy atom. The summed E-state index contributed by atoms with van der Waals surface area (Å²) in [6.07, 6.45) is 4.45. The molecule has 2 amide bonds. The first-order chi connectivity index (χ1) is 13.5. The van der Waals surface area contributed by atoms with Crippen molar-refractivity contribution in [3.8, 4) is 11.5 Å². The molecule has 9 heteroatoms. The molecular weight excluding hydrogens is 427 g/mol. The number of nitrogens with one attached hydrogen (secondary N) is 2. The van der Waals surface area contributed by atoms with E-state index in [4.69, 9.17) is 10.5 Å². The van der Waals surface area contributed by atoms with E-state index >= 15 is 0 Å². The second kappa shape index (κ2) is 11.7. The molecule has 164 valence electrons. The molecule has 0 aliphatic heterocycles. The van der Waals surface area contributed by atoms with Gasteiger partial charge in [0, 0.05) is 37.0 Å². The molecule has 4 N–H and O–H groups in total. The van der Waals surface area contributed by atoms with Gasteiger partial charge in [-0.05, 0) is 49.9 Å². The molecule has 0 unspecified atom stereocenters. The van der Waals surface area contributed by atoms with Crippen LogP contribution < -0.4 is 21.1 Å². The van der Waals surface area contributed by atoms with E-state index < -0.39 is 0 Å². The van der Waals surface area contributed by atoms with Crippen LogP contribution in [-0.2, 0) is 4.79 Å². The molecule has 1 saturated carbocycles. The minimum absolute atomic E-state index is 0. The van der Waals surface area contributed by atoms with Crippen molar-refractivity contribution in [2.24, 2.45) is 17.6 Å². The number of anilines is 1. The van der Waals surface area contributed by atoms with E-state index in [1.807, 2.05) is 19.1 Å². The lowest BCUT2D eigenvalue weighted by molar-refractivity contribution is -0.120. The topological polar surface area (TPSA) is 106 Å². The standard InChI is InChI=1S/C21H26N4O3.2ClH/c1-13-6-7-15(25-20(26)17-5-3-4-14(17)12-22)10-19(13)28-16-8-9-24-18(11-16)21(27)23-2;;/h6-11,14,17H,3-5,12,22H2,1-2H3,(H,23,27)(H,25,26);2*1H/t14-,17-;;/m1../s1. The maximum atomic E-state index is 12.6. The van der Waals surface area contributed by atoms with Crippen LogP contribution in [-0.4, -0.2) is 30.4 Å². The van der Waals surface area contributed by atoms with Gasteiger partial charge < -0.3 is 21.1 Å². The fourth-order valence-corrected chi connectivity index (χ4v) is 3.54. The van der Waals surface area contributed by atoms with Crippen LogP contribution in [0.15, 0.2) is 36.5 Å². The number of halogens is 2. The molecule has 1 heterocycles. The van der Waals surface area contributed by atoms with Gasteiger partial charge in [0.15, 0.2) is 0 Å². The van der Waals surface area contributed by atoms with Crippen LogP contribution in [0.4, 0.5) is 5.69 Å². The quantitative estimate of drug-likeness (QED) is 0.616. The number of ether oxygens (including phenoxy) is 1. The number of carbonyl (C=O) groups excluding carboxylic acids is 2. The fourth-order valence-electron chi connectivity index (χ4n) is 3.54. The second-order valence-corrected chi connectivity index (χ2v) is 7.06. The molecule has 1 aromatic heterocycles. The van der Waals surface area contributed by atoms with Gasteiger partial charge in [-0.1, -0.05) is 12.5 Å². The highest BCUT2D eigenvalue weighted by molar-refractivity contribution is 5.93. The molecule has 30 heavy (non-hydrogen) atoms. The molecule has 0 bridgehead atoms. The molecule has 1 fully saturated rings. The summed E-state index contributed by atoms with van der Waals surface area (Å²) >= 11 is 0. The first-order valence-corrected chi connectivity index (χ1v) is 9.49. The van der Waals surface area contributed by atoms with Gasteiger partial charge in [-0.2, -0.15) is 0 Å². The number of amides is 2. The van der Waals surface area contributed by atoms with Crippen molar-refractivity contribution >= 4 is 42.3 Å². The number of nitrogens with two attached hydrogens (primary N) is 1. The van der Waals surface area contributed by atoms with Crippen molar-refractivity contribution < 1.29 is 14.3 Å². The van der Waals surface area contributed by atoms with Gasteiger partial charge in [0.1, 0.15) is 17.2 Å². The highest BCUT2D eigenvalue weighted by atomic mass is 35.5. The summed E-state index contributed by atoms with van der Waals surface area (Å²) in [5.41, 5.74) is 7.66. The number of aryl methyl sites for hydroxylation is 1. The first-order valence-electron chi connectivity index (χ1n) is 9.49. The lowest BCUT2D eigenvalue weighted by Crippen LogP contribution is -2.29. The van der Waals surface area contributed by atoms with E-state index in [1.165, 1.54) is 6.20 Å². The Labute approximate surface area is 189 Å². The molecule has 0 spiro atoms. The molecule has 0 radical (unpaired) electrons. The van der Waals surface area contributed by atoms with Gasteiger partial charge in [0.25, 0.3) is 5.91 Å². The summed E-state index contributed by atoms with van der Waals surface area (Å²) in [5.74, 6) is 1.04. The molecule has 1 aromatic carbocycles. The summed E-state index contributed by atoms with van der Waals surface area (Å²) in [6.45, 7) is 2.46. The van der Waals surface area contributed by atoms with E-state index in [-0.39, 0.29) is 54.2 Å². The van der Waals surface area contributed by atoms with Crippen LogP contribution in [0.1, 0.15) is 35.3 Å². The third-order valence-electron chi connectivity index (χ3n) is 5.17. The second-order valence-electron chi connectivity index (χ2n) is 7.06. The largest absolute Gasteiger partial charge is 0.457 e. The van der Waals surface area contributed by atoms with Gasteiger partial charge in [-0.25, -0.2) is 0 Å². The van der Waals surface area contributed by atoms with E-state index in [9.17, 15) is 9.59 Å². The molecule has 1 aliphatic rings. The molecule has 3 rings (SSSR count). The van der Waals surface area contributed by atoms with Gasteiger partial charge >= 0.3 is 0 Å². The van der Waals surface area contributed by atoms with Crippen LogP contribution in [0.3, 0.4) is 0 Å². The van der Waals surface area contributed by atoms with Crippen LogP contribution in [0.5, 0.6) is 11.5 Å². The lowest BCUT2D eigenvalue weighted by atomic mass is 9.95. The van der Waals surface area contributed by atoms with Crippen molar-refractivity contribution in [2.75, 3.05) is 18.9 Å². The Hall–Kier alpha value is -2.35. The van der Waals surface area contributed by atoms with E-state index in [1.54, 1.807) is 25.2 Å². The zero-order valence-electron chi connectivity index (χ0n) is 17.0. The van der Waals surface area contributed by atoms with E-state index in [0.717, 1.165) is 24.8 Å². The maximum Gasteiger partial charge on any atom is 0.269 e. The Kier molecular flexibility index (Phi) is 10.0. The van der Waals surface area contributed by atoms with Crippen molar-refractivity contribution in [1.29, 1.82) is 0 Å². The zero-order chi connectivity index (χ0) is 20.1. The number of nitrogens with zero attached hydrogens (tertiary/aromatic N) is 1. The molecule has 7 nitrogen and oxygen atoms in total. The predicted octanol–water partition coefficient (Wildman–Crippen LogP) is 3.70. The van der Waals surface area contributed by atoms with Gasteiger partial charge in [-0.3, -0.25) is 14.6 Å². The summed E-state index contributed by atoms with van der Waals surface area (Å²) in [7, 11) is 1.55. The summed E-state index contributed by atoms with van der Waals surface area (Å²) in [5, 5.41) is 5.53. The monoisotopic (exact) mass is 454 g/mol. The Balaban J connectivity index is 0.00000225. The average molecular weight is 455 g/mol. The highest BCUT2D eigenvalue weighted by Gasteiger charge is 2.31. The Morgan fingerprint density at radius 3 is 2.67 bits per heavy atom. The van der Waals surface area contributed by atoms with Gasteiger partial charge in [0.2, 0.25) is 5.91 Å². The summed E-state index contributed by atoms with van der Waals surface area (Å²) in [6, 6.07) is 8.80. The van der Waals surface area contributed by atoms with Crippen molar-refractivity contribution in [3.05, 3.63) is 47.8 Å². The van der Waals surface area contributed by atoms with Crippen molar-refractivity contribution in [2.45, 2.75) is 26.2 Å². The number of aromatic nitrogens is 1. The lowest BCUT2D eigenvalue weighted by Gasteiger charge is -2.18. The average Bonchev–Trinajstić information content (AvgIpc) is 3.19. The highest BCUT2D eigenvalue weighted by Crippen LogP contribution is 2.33. The summed E-state index contributed by atoms with van der Waals surface area (Å²) in [4.78, 5) is 28.4. The number of carbonyl (C=O) groups is 2. The number of benzene rings is 1.